The molecule has 2 aromatic carbocycles. The van der Waals surface area contributed by atoms with Crippen molar-refractivity contribution >= 4 is 105 Å². The van der Waals surface area contributed by atoms with Gasteiger partial charge in [-0.05, 0) is 113 Å². The minimum atomic E-state index is -0.674. The Bertz CT molecular complexity index is 2650. The maximum Gasteiger partial charge on any atom is 3.00 e. The predicted octanol–water partition coefficient (Wildman–Crippen LogP) is -1.22. The summed E-state index contributed by atoms with van der Waals surface area (Å²) in [4.78, 5) is 67.5. The zero-order valence-electron chi connectivity index (χ0n) is 50.8. The maximum absolute atomic E-state index is 11.5. The molecule has 0 fully saturated rings. The number of alkyl halides is 4. The van der Waals surface area contributed by atoms with E-state index in [0.29, 0.717) is 0 Å². The quantitative estimate of drug-likeness (QED) is 0.0305. The molecule has 0 aliphatic heterocycles. The van der Waals surface area contributed by atoms with E-state index in [-0.39, 0.29) is 261 Å². The van der Waals surface area contributed by atoms with E-state index in [0.717, 1.165) is 61.0 Å². The van der Waals surface area contributed by atoms with Crippen molar-refractivity contribution in [2.75, 3.05) is 10.7 Å². The monoisotopic (exact) mass is 2010 g/mol. The first-order valence-corrected chi connectivity index (χ1v) is 25.8. The first kappa shape index (κ1) is 115. The Kier molecular flexibility index (Phi) is 94.3. The van der Waals surface area contributed by atoms with Gasteiger partial charge in [-0.1, -0.05) is 90.1 Å². The molecule has 0 saturated heterocycles. The Balaban J connectivity index is -0.0000000813. The summed E-state index contributed by atoms with van der Waals surface area (Å²) in [6.07, 6.45) is 11.4. The van der Waals surface area contributed by atoms with Crippen molar-refractivity contribution in [1.82, 2.24) is 9.97 Å². The number of halogens is 4. The van der Waals surface area contributed by atoms with Crippen LogP contribution in [0.3, 0.4) is 0 Å². The van der Waals surface area contributed by atoms with Gasteiger partial charge in [-0.15, -0.1) is 104 Å². The second kappa shape index (κ2) is 75.5. The Morgan fingerprint density at radius 2 is 0.576 bits per heavy atom. The fourth-order valence-corrected chi connectivity index (χ4v) is 4.35. The number of benzene rings is 2. The molecule has 0 aliphatic carbocycles. The van der Waals surface area contributed by atoms with Crippen LogP contribution < -0.4 is 61.3 Å². The molecule has 536 valence electrons. The van der Waals surface area contributed by atoms with Crippen molar-refractivity contribution in [2.24, 2.45) is 20.4 Å². The standard InChI is InChI=1S/2C13H11N3O3.6C5H8O2.2CH2Cl2.4Lu.2H2O/c2*17-11-6-3-4-9(12(11)18)8-15-16-13(19)10-5-1-2-7-14-10;6*1-4(6)3-5(2)7;2*2-1-3;;;;;;/h2*1-8,17-18H,(H,16,19);6*3,6H,1-2H3;2*1H2;;;;;2*1H2/q;;;;;;;;;;4*+3;;/p-10/b2*15-8+;6*4-3-;;;;;;;;. The smallest absolute Gasteiger partial charge is 0.876 e. The molecule has 26 nitrogen and oxygen atoms in total. The third kappa shape index (κ3) is 87.6. The van der Waals surface area contributed by atoms with Gasteiger partial charge in [0.25, 0.3) is 0 Å². The van der Waals surface area contributed by atoms with Crippen LogP contribution in [0.25, 0.3) is 0 Å². The second-order valence-electron chi connectivity index (χ2n) is 15.5. The summed E-state index contributed by atoms with van der Waals surface area (Å²) in [5.41, 5.74) is 0.481. The largest absolute Gasteiger partial charge is 3.00 e. The number of ketones is 6. The van der Waals surface area contributed by atoms with Crippen LogP contribution in [0, 0.1) is 147 Å². The van der Waals surface area contributed by atoms with Gasteiger partial charge in [0.2, 0.25) is 0 Å². The molecule has 0 amide bonds. The maximum atomic E-state index is 11.5. The van der Waals surface area contributed by atoms with Gasteiger partial charge in [0.15, 0.2) is 34.7 Å². The van der Waals surface area contributed by atoms with Gasteiger partial charge in [-0.2, -0.15) is 20.4 Å². The van der Waals surface area contributed by atoms with Crippen LogP contribution in [-0.4, -0.2) is 79.6 Å². The fourth-order valence-electron chi connectivity index (χ4n) is 4.35. The third-order valence-corrected chi connectivity index (χ3v) is 6.92. The van der Waals surface area contributed by atoms with Crippen molar-refractivity contribution in [3.05, 3.63) is 179 Å². The molecule has 2 aromatic heterocycles. The molecule has 2 heterocycles. The van der Waals surface area contributed by atoms with Crippen molar-refractivity contribution in [1.29, 1.82) is 0 Å². The normalized spacial score (nSPS) is 10.5. The molecular weight excluding hydrogens is 1940 g/mol. The van der Waals surface area contributed by atoms with Gasteiger partial charge in [-0.3, -0.25) is 38.7 Å². The van der Waals surface area contributed by atoms with Crippen molar-refractivity contribution in [3.63, 3.8) is 0 Å². The fraction of sp³-hybridized carbons (Fsp3) is 0.241. The van der Waals surface area contributed by atoms with E-state index in [1.54, 1.807) is 24.3 Å². The van der Waals surface area contributed by atoms with Crippen molar-refractivity contribution in [2.45, 2.75) is 83.1 Å². The molecule has 0 radical (unpaired) electrons. The van der Waals surface area contributed by atoms with Crippen LogP contribution in [0.4, 0.5) is 0 Å². The Morgan fingerprint density at radius 1 is 0.370 bits per heavy atom. The van der Waals surface area contributed by atoms with E-state index in [9.17, 15) is 90.0 Å². The Morgan fingerprint density at radius 3 is 0.728 bits per heavy atom. The van der Waals surface area contributed by atoms with Crippen LogP contribution in [0.2, 0.25) is 0 Å². The number of hydrogen-bond acceptors (Lipinski definition) is 24. The summed E-state index contributed by atoms with van der Waals surface area (Å²) in [5.74, 6) is -6.09. The van der Waals surface area contributed by atoms with E-state index >= 15 is 0 Å². The molecule has 0 spiro atoms. The topological polar surface area (TPSA) is 520 Å². The SMILES string of the molecule is CC(=O)/C=C(/C)[O-].CC(=O)/C=C(/C)[O-].CC(=O)/C=C(/C)[O-].CC(=O)/C=C(/C)[O-].CC(=O)/C=C(/C)[O-].CC(=O)/C=C(/C)[O-].ClCCl.ClCCl.[Lu+3].[Lu+3].[Lu+3].[Lu+3].[O-]/C(=N\N=C\c1cccc([O-])c1[O-])c1ccccn1.[O-]/C(=N\N=C\c1cccc([O-])c1[O-])c1ccccn1.[OH3+].[OH3+]. The molecule has 92 heavy (non-hydrogen) atoms. The third-order valence-electron chi connectivity index (χ3n) is 6.92. The predicted molar refractivity (Wildman–Crippen MR) is 317 cm³/mol. The van der Waals surface area contributed by atoms with E-state index in [4.69, 9.17) is 46.4 Å². The summed E-state index contributed by atoms with van der Waals surface area (Å²) in [6.45, 7) is 16.2. The van der Waals surface area contributed by atoms with Crippen molar-refractivity contribution in [3.8, 4) is 23.0 Å². The average molecular weight is 2010 g/mol. The van der Waals surface area contributed by atoms with Crippen LogP contribution in [-0.2, 0) is 39.7 Å². The van der Waals surface area contributed by atoms with Gasteiger partial charge >= 0.3 is 147 Å². The molecule has 0 saturated carbocycles. The number of nitrogens with zero attached hydrogens (tertiary/aromatic N) is 6. The summed E-state index contributed by atoms with van der Waals surface area (Å²) < 4.78 is 0. The van der Waals surface area contributed by atoms with Crippen molar-refractivity contribution < 1.29 is 248 Å². The molecule has 0 aliphatic rings. The molecule has 0 bridgehead atoms. The first-order valence-electron chi connectivity index (χ1n) is 23.7. The number of carbonyl (C=O) groups excluding carboxylic acids is 6. The number of hydrogen-bond donors (Lipinski definition) is 0. The number of carbonyl (C=O) groups is 6. The first-order chi connectivity index (χ1) is 39.9. The Labute approximate surface area is 671 Å². The molecule has 0 unspecified atom stereocenters. The number of para-hydroxylation sites is 2. The van der Waals surface area contributed by atoms with Crippen LogP contribution >= 0.6 is 46.4 Å². The summed E-state index contributed by atoms with van der Waals surface area (Å²) >= 11 is 19.1. The van der Waals surface area contributed by atoms with Gasteiger partial charge in [-0.25, -0.2) is 0 Å². The summed E-state index contributed by atoms with van der Waals surface area (Å²) in [5, 5.41) is 142. The number of pyridine rings is 2. The Hall–Kier alpha value is -4.50. The molecule has 4 aromatic rings. The minimum Gasteiger partial charge on any atom is -0.876 e. The molecule has 34 heteroatoms. The molecule has 6 N–H and O–H groups in total. The number of allylic oxidation sites excluding steroid dienone is 12. The van der Waals surface area contributed by atoms with Gasteiger partial charge in [0.1, 0.15) is 0 Å². The molecular formula is C58H68Cl4Lu4N6O20+2. The number of aromatic nitrogens is 2. The molecule has 4 rings (SSSR count). The zero-order valence-corrected chi connectivity index (χ0v) is 60.5. The van der Waals surface area contributed by atoms with Gasteiger partial charge in [0, 0.05) is 24.2 Å². The molecule has 0 atom stereocenters. The zero-order chi connectivity index (χ0) is 67.9. The van der Waals surface area contributed by atoms with Crippen LogP contribution in [0.1, 0.15) is 106 Å². The second-order valence-corrected chi connectivity index (χ2v) is 17.1. The number of rotatable bonds is 12. The van der Waals surface area contributed by atoms with Gasteiger partial charge < -0.3 is 72.2 Å². The average Bonchev–Trinajstić information content (AvgIpc) is 3.36. The minimum absolute atomic E-state index is 0. The van der Waals surface area contributed by atoms with Gasteiger partial charge in [0.05, 0.1) is 34.5 Å². The summed E-state index contributed by atoms with van der Waals surface area (Å²) in [6, 6.07) is 17.7. The van der Waals surface area contributed by atoms with Crippen LogP contribution in [0.15, 0.2) is 177 Å². The van der Waals surface area contributed by atoms with E-state index in [1.165, 1.54) is 132 Å². The van der Waals surface area contributed by atoms with E-state index in [1.807, 2.05) is 0 Å². The van der Waals surface area contributed by atoms with E-state index in [2.05, 4.69) is 30.4 Å². The van der Waals surface area contributed by atoms with E-state index < -0.39 is 34.8 Å². The van der Waals surface area contributed by atoms with Crippen LogP contribution in [0.5, 0.6) is 23.0 Å². The summed E-state index contributed by atoms with van der Waals surface area (Å²) in [7, 11) is 0.